The molecule has 0 bridgehead atoms. The summed E-state index contributed by atoms with van der Waals surface area (Å²) in [5.41, 5.74) is 3.59. The van der Waals surface area contributed by atoms with Crippen molar-refractivity contribution in [3.8, 4) is 5.69 Å². The Morgan fingerprint density at radius 1 is 1.15 bits per heavy atom. The Bertz CT molecular complexity index is 906. The summed E-state index contributed by atoms with van der Waals surface area (Å²) in [6.07, 6.45) is 2.72. The second-order valence-corrected chi connectivity index (χ2v) is 6.64. The van der Waals surface area contributed by atoms with Crippen molar-refractivity contribution in [1.29, 1.82) is 0 Å². The van der Waals surface area contributed by atoms with Gasteiger partial charge in [0.2, 0.25) is 0 Å². The lowest BCUT2D eigenvalue weighted by Crippen LogP contribution is -2.11. The van der Waals surface area contributed by atoms with Crippen LogP contribution >= 0.6 is 11.8 Å². The van der Waals surface area contributed by atoms with Crippen LogP contribution in [0.25, 0.3) is 5.69 Å². The minimum atomic E-state index is -0.314. The molecule has 27 heavy (non-hydrogen) atoms. The Morgan fingerprint density at radius 3 is 2.52 bits per heavy atom. The van der Waals surface area contributed by atoms with Crippen molar-refractivity contribution < 1.29 is 9.53 Å². The lowest BCUT2D eigenvalue weighted by molar-refractivity contribution is -0.145. The highest BCUT2D eigenvalue weighted by Gasteiger charge is 2.14. The fraction of sp³-hybridized carbons (Fsp3) is 0.333. The average Bonchev–Trinajstić information content (AvgIpc) is 3.14. The van der Waals surface area contributed by atoms with Crippen LogP contribution in [0.15, 0.2) is 35.5 Å². The molecule has 8 nitrogen and oxygen atoms in total. The third-order valence-corrected chi connectivity index (χ3v) is 4.61. The number of benzene rings is 1. The summed E-state index contributed by atoms with van der Waals surface area (Å²) in [7, 11) is 0. The lowest BCUT2D eigenvalue weighted by atomic mass is 10.1. The molecule has 0 unspecified atom stereocenters. The zero-order chi connectivity index (χ0) is 19.2. The van der Waals surface area contributed by atoms with Crippen LogP contribution in [0.2, 0.25) is 0 Å². The van der Waals surface area contributed by atoms with Crippen molar-refractivity contribution in [1.82, 2.24) is 30.2 Å². The molecule has 3 rings (SSSR count). The minimum absolute atomic E-state index is 0.0145. The highest BCUT2D eigenvalue weighted by Crippen LogP contribution is 2.17. The first kappa shape index (κ1) is 19.0. The van der Waals surface area contributed by atoms with Crippen LogP contribution in [0.3, 0.4) is 0 Å². The molecule has 9 heteroatoms. The Kier molecular flexibility index (Phi) is 6.12. The van der Waals surface area contributed by atoms with Crippen molar-refractivity contribution in [2.45, 2.75) is 38.5 Å². The van der Waals surface area contributed by atoms with E-state index in [4.69, 9.17) is 4.74 Å². The zero-order valence-corrected chi connectivity index (χ0v) is 16.2. The molecule has 0 aliphatic rings. The molecule has 0 aliphatic carbocycles. The molecular formula is C18H20N6O2S. The van der Waals surface area contributed by atoms with E-state index in [9.17, 15) is 4.79 Å². The van der Waals surface area contributed by atoms with E-state index in [1.54, 1.807) is 4.68 Å². The number of rotatable bonds is 7. The third-order valence-electron chi connectivity index (χ3n) is 4.06. The summed E-state index contributed by atoms with van der Waals surface area (Å²) in [4.78, 5) is 21.0. The van der Waals surface area contributed by atoms with Gasteiger partial charge in [-0.3, -0.25) is 4.79 Å². The van der Waals surface area contributed by atoms with Crippen LogP contribution in [-0.4, -0.2) is 42.4 Å². The Morgan fingerprint density at radius 2 is 1.85 bits per heavy atom. The number of thioether (sulfide) groups is 1. The highest BCUT2D eigenvalue weighted by molar-refractivity contribution is 7.98. The van der Waals surface area contributed by atoms with Gasteiger partial charge in [0.15, 0.2) is 17.6 Å². The molecule has 0 N–H and O–H groups in total. The molecule has 3 aromatic rings. The summed E-state index contributed by atoms with van der Waals surface area (Å²) in [5, 5.41) is 12.3. The molecule has 140 valence electrons. The first-order valence-electron chi connectivity index (χ1n) is 8.45. The van der Waals surface area contributed by atoms with Gasteiger partial charge in [0.05, 0.1) is 5.69 Å². The van der Waals surface area contributed by atoms with Crippen molar-refractivity contribution in [2.24, 2.45) is 0 Å². The van der Waals surface area contributed by atoms with Crippen LogP contribution in [0.4, 0.5) is 0 Å². The number of esters is 1. The van der Waals surface area contributed by atoms with Crippen LogP contribution < -0.4 is 0 Å². The van der Waals surface area contributed by atoms with Gasteiger partial charge in [-0.2, -0.15) is 4.68 Å². The van der Waals surface area contributed by atoms with Gasteiger partial charge in [0, 0.05) is 17.8 Å². The van der Waals surface area contributed by atoms with E-state index in [-0.39, 0.29) is 19.0 Å². The summed E-state index contributed by atoms with van der Waals surface area (Å²) in [6, 6.07) is 9.45. The monoisotopic (exact) mass is 384 g/mol. The van der Waals surface area contributed by atoms with E-state index in [1.165, 1.54) is 11.8 Å². The number of aromatic nitrogens is 6. The average molecular weight is 384 g/mol. The summed E-state index contributed by atoms with van der Waals surface area (Å²) < 4.78 is 6.90. The number of hydrogen-bond donors (Lipinski definition) is 0. The first-order valence-corrected chi connectivity index (χ1v) is 9.67. The van der Waals surface area contributed by atoms with Crippen molar-refractivity contribution in [3.63, 3.8) is 0 Å². The van der Waals surface area contributed by atoms with E-state index in [1.807, 2.05) is 50.4 Å². The van der Waals surface area contributed by atoms with Gasteiger partial charge in [0.1, 0.15) is 0 Å². The standard InChI is InChI=1S/C18H20N6O2S/c1-12-15(13(2)20-18(19-12)27-3)9-10-17(25)26-11-16-21-22-23-24(16)14-7-5-4-6-8-14/h4-8H,9-11H2,1-3H3. The number of carbonyl (C=O) groups is 1. The fourth-order valence-corrected chi connectivity index (χ4v) is 3.13. The number of nitrogens with zero attached hydrogens (tertiary/aromatic N) is 6. The molecule has 0 spiro atoms. The Balaban J connectivity index is 1.58. The number of tetrazole rings is 1. The predicted molar refractivity (Wildman–Crippen MR) is 101 cm³/mol. The number of ether oxygens (including phenoxy) is 1. The Labute approximate surface area is 161 Å². The van der Waals surface area contributed by atoms with Crippen LogP contribution in [0, 0.1) is 13.8 Å². The SMILES string of the molecule is CSc1nc(C)c(CCC(=O)OCc2nnnn2-c2ccccc2)c(C)n1. The van der Waals surface area contributed by atoms with E-state index >= 15 is 0 Å². The molecule has 2 aromatic heterocycles. The van der Waals surface area contributed by atoms with E-state index < -0.39 is 0 Å². The zero-order valence-electron chi connectivity index (χ0n) is 15.4. The first-order chi connectivity index (χ1) is 13.1. The summed E-state index contributed by atoms with van der Waals surface area (Å²) in [5.74, 6) is 0.153. The molecular weight excluding hydrogens is 364 g/mol. The van der Waals surface area contributed by atoms with Crippen molar-refractivity contribution in [2.75, 3.05) is 6.26 Å². The van der Waals surface area contributed by atoms with Gasteiger partial charge >= 0.3 is 5.97 Å². The number of hydrogen-bond acceptors (Lipinski definition) is 8. The quantitative estimate of drug-likeness (QED) is 0.348. The topological polar surface area (TPSA) is 95.7 Å². The lowest BCUT2D eigenvalue weighted by Gasteiger charge is -2.10. The molecule has 0 amide bonds. The van der Waals surface area contributed by atoms with Crippen LogP contribution in [0.1, 0.15) is 29.2 Å². The van der Waals surface area contributed by atoms with Gasteiger partial charge in [0.25, 0.3) is 0 Å². The molecule has 2 heterocycles. The third kappa shape index (κ3) is 4.68. The van der Waals surface area contributed by atoms with Crippen LogP contribution in [0.5, 0.6) is 0 Å². The normalized spacial score (nSPS) is 10.8. The van der Waals surface area contributed by atoms with E-state index in [2.05, 4.69) is 25.5 Å². The molecule has 1 aromatic carbocycles. The maximum atomic E-state index is 12.2. The summed E-state index contributed by atoms with van der Waals surface area (Å²) >= 11 is 1.50. The second kappa shape index (κ2) is 8.72. The van der Waals surface area contributed by atoms with Gasteiger partial charge in [-0.15, -0.1) is 5.10 Å². The van der Waals surface area contributed by atoms with E-state index in [0.717, 1.165) is 27.8 Å². The van der Waals surface area contributed by atoms with Gasteiger partial charge < -0.3 is 4.74 Å². The van der Waals surface area contributed by atoms with Gasteiger partial charge in [-0.25, -0.2) is 9.97 Å². The Hall–Kier alpha value is -2.81. The molecule has 0 saturated heterocycles. The van der Waals surface area contributed by atoms with E-state index in [0.29, 0.717) is 12.2 Å². The van der Waals surface area contributed by atoms with Gasteiger partial charge in [-0.1, -0.05) is 30.0 Å². The van der Waals surface area contributed by atoms with Crippen LogP contribution in [-0.2, 0) is 22.6 Å². The fourth-order valence-electron chi connectivity index (χ4n) is 2.67. The summed E-state index contributed by atoms with van der Waals surface area (Å²) in [6.45, 7) is 3.88. The smallest absolute Gasteiger partial charge is 0.306 e. The molecule has 0 radical (unpaired) electrons. The molecule has 0 fully saturated rings. The molecule has 0 atom stereocenters. The minimum Gasteiger partial charge on any atom is -0.457 e. The number of carbonyl (C=O) groups excluding carboxylic acids is 1. The maximum Gasteiger partial charge on any atom is 0.306 e. The number of aryl methyl sites for hydroxylation is 2. The van der Waals surface area contributed by atoms with Crippen molar-refractivity contribution >= 4 is 17.7 Å². The van der Waals surface area contributed by atoms with Crippen molar-refractivity contribution in [3.05, 3.63) is 53.1 Å². The molecule has 0 aliphatic heterocycles. The highest BCUT2D eigenvalue weighted by atomic mass is 32.2. The largest absolute Gasteiger partial charge is 0.457 e. The van der Waals surface area contributed by atoms with Gasteiger partial charge in [-0.05, 0) is 54.6 Å². The predicted octanol–water partition coefficient (Wildman–Crippen LogP) is 2.47. The maximum absolute atomic E-state index is 12.2. The molecule has 0 saturated carbocycles. The number of para-hydroxylation sites is 1. The second-order valence-electron chi connectivity index (χ2n) is 5.86.